The summed E-state index contributed by atoms with van der Waals surface area (Å²) in [6.07, 6.45) is 12.8. The first-order valence-corrected chi connectivity index (χ1v) is 9.96. The van der Waals surface area contributed by atoms with E-state index in [1.807, 2.05) is 42.5 Å². The molecular formula is C24H32N4O. The van der Waals surface area contributed by atoms with Gasteiger partial charge in [-0.25, -0.2) is 0 Å². The van der Waals surface area contributed by atoms with Gasteiger partial charge in [0.1, 0.15) is 6.23 Å². The Morgan fingerprint density at radius 1 is 1.24 bits per heavy atom. The number of nitrogens with two attached hydrogens (primary N) is 1. The maximum Gasteiger partial charge on any atom is 0.179 e. The molecule has 0 saturated carbocycles. The zero-order chi connectivity index (χ0) is 21.4. The summed E-state index contributed by atoms with van der Waals surface area (Å²) in [5, 5.41) is 24.1. The summed E-state index contributed by atoms with van der Waals surface area (Å²) < 4.78 is 5.25. The molecule has 1 aliphatic carbocycles. The molecule has 1 atom stereocenters. The minimum absolute atomic E-state index is 0.0568. The van der Waals surface area contributed by atoms with E-state index < -0.39 is 6.23 Å². The molecule has 2 rings (SSSR count). The SMILES string of the molecule is CC(=N)OC(N)CC(C)(C)C/C=C/c1cccc(C(=N)C(=N)C2=CC=CCC2)c1. The van der Waals surface area contributed by atoms with Gasteiger partial charge in [-0.15, -0.1) is 0 Å². The van der Waals surface area contributed by atoms with E-state index in [0.29, 0.717) is 12.1 Å². The number of ether oxygens (including phenoxy) is 1. The highest BCUT2D eigenvalue weighted by Crippen LogP contribution is 2.27. The molecule has 0 amide bonds. The van der Waals surface area contributed by atoms with Crippen LogP contribution in [0.4, 0.5) is 0 Å². The summed E-state index contributed by atoms with van der Waals surface area (Å²) in [6, 6.07) is 7.76. The summed E-state index contributed by atoms with van der Waals surface area (Å²) in [5.41, 5.74) is 9.12. The van der Waals surface area contributed by atoms with E-state index in [-0.39, 0.29) is 17.0 Å². The Balaban J connectivity index is 2.01. The van der Waals surface area contributed by atoms with E-state index in [1.165, 1.54) is 0 Å². The molecule has 1 aromatic carbocycles. The van der Waals surface area contributed by atoms with Crippen LogP contribution in [0.3, 0.4) is 0 Å². The molecule has 5 heteroatoms. The highest BCUT2D eigenvalue weighted by atomic mass is 16.5. The van der Waals surface area contributed by atoms with Gasteiger partial charge in [-0.2, -0.15) is 0 Å². The van der Waals surface area contributed by atoms with Gasteiger partial charge in [-0.05, 0) is 41.9 Å². The minimum Gasteiger partial charge on any atom is -0.463 e. The van der Waals surface area contributed by atoms with E-state index in [1.54, 1.807) is 6.92 Å². The number of benzene rings is 1. The summed E-state index contributed by atoms with van der Waals surface area (Å²) in [5.74, 6) is 0.133. The fourth-order valence-electron chi connectivity index (χ4n) is 3.32. The minimum atomic E-state index is -0.477. The molecule has 0 heterocycles. The summed E-state index contributed by atoms with van der Waals surface area (Å²) in [7, 11) is 0. The molecule has 1 unspecified atom stereocenters. The van der Waals surface area contributed by atoms with Crippen LogP contribution in [-0.4, -0.2) is 23.5 Å². The van der Waals surface area contributed by atoms with Crippen molar-refractivity contribution in [3.05, 3.63) is 65.3 Å². The molecule has 29 heavy (non-hydrogen) atoms. The Morgan fingerprint density at radius 3 is 2.66 bits per heavy atom. The topological polar surface area (TPSA) is 107 Å². The first-order chi connectivity index (χ1) is 13.7. The smallest absolute Gasteiger partial charge is 0.179 e. The Morgan fingerprint density at radius 2 is 2.00 bits per heavy atom. The third-order valence-electron chi connectivity index (χ3n) is 4.82. The molecule has 0 saturated heterocycles. The number of nitrogens with one attached hydrogen (secondary N) is 3. The lowest BCUT2D eigenvalue weighted by atomic mass is 9.84. The van der Waals surface area contributed by atoms with Crippen molar-refractivity contribution in [2.24, 2.45) is 11.1 Å². The monoisotopic (exact) mass is 392 g/mol. The van der Waals surface area contributed by atoms with Crippen molar-refractivity contribution < 1.29 is 4.74 Å². The van der Waals surface area contributed by atoms with Crippen LogP contribution in [0, 0.1) is 21.6 Å². The Kier molecular flexibility index (Phi) is 7.85. The summed E-state index contributed by atoms with van der Waals surface area (Å²) >= 11 is 0. The average Bonchev–Trinajstić information content (AvgIpc) is 2.66. The predicted octanol–water partition coefficient (Wildman–Crippen LogP) is 5.47. The number of allylic oxidation sites excluding steroid dienone is 5. The molecule has 0 bridgehead atoms. The molecule has 5 nitrogen and oxygen atoms in total. The molecule has 0 aromatic heterocycles. The van der Waals surface area contributed by atoms with Gasteiger partial charge < -0.3 is 4.74 Å². The van der Waals surface area contributed by atoms with Crippen LogP contribution >= 0.6 is 0 Å². The van der Waals surface area contributed by atoms with Crippen LogP contribution in [0.5, 0.6) is 0 Å². The van der Waals surface area contributed by atoms with Crippen molar-refractivity contribution >= 4 is 23.4 Å². The quantitative estimate of drug-likeness (QED) is 0.254. The molecule has 1 aliphatic rings. The highest BCUT2D eigenvalue weighted by molar-refractivity contribution is 6.51. The largest absolute Gasteiger partial charge is 0.463 e. The normalized spacial score (nSPS) is 15.1. The van der Waals surface area contributed by atoms with E-state index in [4.69, 9.17) is 26.7 Å². The maximum atomic E-state index is 8.42. The highest BCUT2D eigenvalue weighted by Gasteiger charge is 2.21. The third-order valence-corrected chi connectivity index (χ3v) is 4.82. The molecule has 0 fully saturated rings. The number of hydrogen-bond acceptors (Lipinski definition) is 5. The molecule has 0 aliphatic heterocycles. The van der Waals surface area contributed by atoms with E-state index in [2.05, 4.69) is 26.0 Å². The molecular weight excluding hydrogens is 360 g/mol. The van der Waals surface area contributed by atoms with Gasteiger partial charge in [0.05, 0.1) is 11.4 Å². The lowest BCUT2D eigenvalue weighted by Gasteiger charge is -2.26. The van der Waals surface area contributed by atoms with Crippen LogP contribution in [0.25, 0.3) is 6.08 Å². The van der Waals surface area contributed by atoms with Gasteiger partial charge in [0.2, 0.25) is 0 Å². The molecule has 0 radical (unpaired) electrons. The maximum absolute atomic E-state index is 8.42. The molecule has 5 N–H and O–H groups in total. The second-order valence-electron chi connectivity index (χ2n) is 8.22. The van der Waals surface area contributed by atoms with Crippen molar-refractivity contribution in [3.8, 4) is 0 Å². The second kappa shape index (κ2) is 10.1. The van der Waals surface area contributed by atoms with Gasteiger partial charge in [-0.1, -0.05) is 62.4 Å². The van der Waals surface area contributed by atoms with E-state index in [9.17, 15) is 0 Å². The summed E-state index contributed by atoms with van der Waals surface area (Å²) in [6.45, 7) is 5.83. The van der Waals surface area contributed by atoms with Gasteiger partial charge >= 0.3 is 0 Å². The predicted molar refractivity (Wildman–Crippen MR) is 122 cm³/mol. The Hall–Kier alpha value is -2.79. The van der Waals surface area contributed by atoms with Crippen LogP contribution in [0.15, 0.2) is 54.1 Å². The first kappa shape index (κ1) is 22.5. The van der Waals surface area contributed by atoms with Crippen LogP contribution < -0.4 is 5.73 Å². The number of rotatable bonds is 9. The van der Waals surface area contributed by atoms with Gasteiger partial charge in [0.15, 0.2) is 5.90 Å². The summed E-state index contributed by atoms with van der Waals surface area (Å²) in [4.78, 5) is 0. The van der Waals surface area contributed by atoms with E-state index in [0.717, 1.165) is 36.0 Å². The standard InChI is InChI=1S/C24H32N4O/c1-17(25)29-21(26)16-24(2,3)14-8-10-18-9-7-13-20(15-18)23(28)22(27)19-11-5-4-6-12-19/h4-5,7-11,13,15,21,25,27-28H,6,12,14,16,26H2,1-3H3/b10-8+,25-17?,27-22?,28-23?. The Labute approximate surface area is 173 Å². The van der Waals surface area contributed by atoms with Crippen molar-refractivity contribution in [3.63, 3.8) is 0 Å². The van der Waals surface area contributed by atoms with Crippen molar-refractivity contribution in [1.29, 1.82) is 16.2 Å². The zero-order valence-corrected chi connectivity index (χ0v) is 17.6. The van der Waals surface area contributed by atoms with Gasteiger partial charge in [0, 0.05) is 18.9 Å². The van der Waals surface area contributed by atoms with Crippen LogP contribution in [0.2, 0.25) is 0 Å². The van der Waals surface area contributed by atoms with E-state index >= 15 is 0 Å². The van der Waals surface area contributed by atoms with Crippen LogP contribution in [0.1, 0.15) is 57.6 Å². The van der Waals surface area contributed by atoms with Crippen molar-refractivity contribution in [2.75, 3.05) is 0 Å². The molecule has 154 valence electrons. The van der Waals surface area contributed by atoms with Crippen molar-refractivity contribution in [2.45, 2.75) is 52.7 Å². The van der Waals surface area contributed by atoms with Crippen LogP contribution in [-0.2, 0) is 4.74 Å². The van der Waals surface area contributed by atoms with Gasteiger partial charge in [-0.3, -0.25) is 22.0 Å². The lowest BCUT2D eigenvalue weighted by Crippen LogP contribution is -2.31. The fourth-order valence-corrected chi connectivity index (χ4v) is 3.32. The molecule has 0 spiro atoms. The molecule has 1 aromatic rings. The fraction of sp³-hybridized carbons (Fsp3) is 0.375. The second-order valence-corrected chi connectivity index (χ2v) is 8.22. The average molecular weight is 393 g/mol. The Bertz CT molecular complexity index is 861. The number of hydrogen-bond donors (Lipinski definition) is 4. The zero-order valence-electron chi connectivity index (χ0n) is 17.6. The van der Waals surface area contributed by atoms with Crippen molar-refractivity contribution in [1.82, 2.24) is 0 Å². The lowest BCUT2D eigenvalue weighted by molar-refractivity contribution is 0.129. The first-order valence-electron chi connectivity index (χ1n) is 9.96. The third kappa shape index (κ3) is 7.27. The van der Waals surface area contributed by atoms with Gasteiger partial charge in [0.25, 0.3) is 0 Å².